The fourth-order valence-electron chi connectivity index (χ4n) is 3.56. The van der Waals surface area contributed by atoms with Crippen LogP contribution in [0.3, 0.4) is 0 Å². The Bertz CT molecular complexity index is 758. The number of nitrogens with zero attached hydrogens (tertiary/aromatic N) is 1. The van der Waals surface area contributed by atoms with E-state index in [-0.39, 0.29) is 12.6 Å². The number of benzene rings is 3. The predicted octanol–water partition coefficient (Wildman–Crippen LogP) is 4.68. The molecule has 0 aromatic heterocycles. The minimum absolute atomic E-state index is 0.0122. The highest BCUT2D eigenvalue weighted by atomic mass is 16.3. The normalized spacial score (nSPS) is 13.5. The highest BCUT2D eigenvalue weighted by Crippen LogP contribution is 2.26. The van der Waals surface area contributed by atoms with Crippen molar-refractivity contribution < 1.29 is 5.11 Å². The number of hydrogen-bond acceptors (Lipinski definition) is 2. The number of aliphatic hydroxyl groups excluding tert-OH is 1. The molecule has 0 unspecified atom stereocenters. The monoisotopic (exact) mass is 345 g/mol. The molecule has 0 spiro atoms. The second kappa shape index (κ2) is 9.33. The van der Waals surface area contributed by atoms with E-state index in [4.69, 9.17) is 0 Å². The summed E-state index contributed by atoms with van der Waals surface area (Å²) >= 11 is 0. The molecule has 0 amide bonds. The molecule has 0 bridgehead atoms. The van der Waals surface area contributed by atoms with Crippen LogP contribution < -0.4 is 0 Å². The SMILES string of the molecule is CN(C[C@H](Cc1ccccc1)c1ccccc1)[C@@H](CO)c1ccccc1. The van der Waals surface area contributed by atoms with Gasteiger partial charge in [0.15, 0.2) is 0 Å². The first-order valence-corrected chi connectivity index (χ1v) is 9.23. The summed E-state index contributed by atoms with van der Waals surface area (Å²) in [7, 11) is 2.11. The summed E-state index contributed by atoms with van der Waals surface area (Å²) < 4.78 is 0. The van der Waals surface area contributed by atoms with Crippen LogP contribution >= 0.6 is 0 Å². The van der Waals surface area contributed by atoms with Crippen LogP contribution in [0.15, 0.2) is 91.0 Å². The number of aliphatic hydroxyl groups is 1. The average Bonchev–Trinajstić information content (AvgIpc) is 2.70. The zero-order valence-electron chi connectivity index (χ0n) is 15.3. The van der Waals surface area contributed by atoms with E-state index < -0.39 is 0 Å². The lowest BCUT2D eigenvalue weighted by molar-refractivity contribution is 0.141. The molecule has 3 rings (SSSR count). The van der Waals surface area contributed by atoms with Gasteiger partial charge in [0.05, 0.1) is 12.6 Å². The van der Waals surface area contributed by atoms with Crippen molar-refractivity contribution in [3.05, 3.63) is 108 Å². The molecule has 0 fully saturated rings. The molecular weight excluding hydrogens is 318 g/mol. The molecule has 0 aliphatic carbocycles. The third-order valence-electron chi connectivity index (χ3n) is 4.99. The van der Waals surface area contributed by atoms with Gasteiger partial charge in [-0.05, 0) is 30.2 Å². The van der Waals surface area contributed by atoms with Gasteiger partial charge in [-0.3, -0.25) is 4.90 Å². The highest BCUT2D eigenvalue weighted by Gasteiger charge is 2.21. The molecule has 3 aromatic rings. The summed E-state index contributed by atoms with van der Waals surface area (Å²) in [6, 6.07) is 31.6. The van der Waals surface area contributed by atoms with E-state index >= 15 is 0 Å². The van der Waals surface area contributed by atoms with Crippen LogP contribution in [0.4, 0.5) is 0 Å². The first-order valence-electron chi connectivity index (χ1n) is 9.23. The average molecular weight is 345 g/mol. The fraction of sp³-hybridized carbons (Fsp3) is 0.250. The number of rotatable bonds is 8. The smallest absolute Gasteiger partial charge is 0.0628 e. The maximum atomic E-state index is 9.98. The molecule has 0 saturated heterocycles. The van der Waals surface area contributed by atoms with Crippen molar-refractivity contribution in [2.45, 2.75) is 18.4 Å². The van der Waals surface area contributed by atoms with E-state index in [1.54, 1.807) is 0 Å². The van der Waals surface area contributed by atoms with Gasteiger partial charge in [0.25, 0.3) is 0 Å². The molecule has 0 heterocycles. The highest BCUT2D eigenvalue weighted by molar-refractivity contribution is 5.25. The molecule has 2 nitrogen and oxygen atoms in total. The lowest BCUT2D eigenvalue weighted by Gasteiger charge is -2.31. The standard InChI is InChI=1S/C24H27NO/c1-25(24(19-26)22-15-9-4-10-16-22)18-23(21-13-7-3-8-14-21)17-20-11-5-2-6-12-20/h2-16,23-24,26H,17-19H2,1H3/t23-,24-/m0/s1. The summed E-state index contributed by atoms with van der Waals surface area (Å²) in [4.78, 5) is 2.27. The van der Waals surface area contributed by atoms with Crippen LogP contribution in [0.25, 0.3) is 0 Å². The van der Waals surface area contributed by atoms with E-state index in [9.17, 15) is 5.11 Å². The van der Waals surface area contributed by atoms with Crippen LogP contribution in [-0.4, -0.2) is 30.2 Å². The minimum atomic E-state index is 0.0122. The Morgan fingerprint density at radius 3 is 1.77 bits per heavy atom. The molecule has 134 valence electrons. The Balaban J connectivity index is 1.80. The van der Waals surface area contributed by atoms with E-state index in [2.05, 4.69) is 84.7 Å². The lowest BCUT2D eigenvalue weighted by Crippen LogP contribution is -2.32. The maximum absolute atomic E-state index is 9.98. The number of hydrogen-bond donors (Lipinski definition) is 1. The van der Waals surface area contributed by atoms with E-state index in [1.807, 2.05) is 18.2 Å². The van der Waals surface area contributed by atoms with Crippen molar-refractivity contribution in [1.82, 2.24) is 4.90 Å². The van der Waals surface area contributed by atoms with Gasteiger partial charge in [0, 0.05) is 12.5 Å². The third-order valence-corrected chi connectivity index (χ3v) is 4.99. The van der Waals surface area contributed by atoms with Crippen LogP contribution in [0.1, 0.15) is 28.7 Å². The fourth-order valence-corrected chi connectivity index (χ4v) is 3.56. The molecule has 0 radical (unpaired) electrons. The largest absolute Gasteiger partial charge is 0.394 e. The van der Waals surface area contributed by atoms with Crippen LogP contribution in [0.5, 0.6) is 0 Å². The van der Waals surface area contributed by atoms with Crippen LogP contribution in [0.2, 0.25) is 0 Å². The Hall–Kier alpha value is -2.42. The first kappa shape index (κ1) is 18.4. The van der Waals surface area contributed by atoms with E-state index in [0.29, 0.717) is 5.92 Å². The summed E-state index contributed by atoms with van der Waals surface area (Å²) in [5, 5.41) is 9.98. The molecule has 2 atom stereocenters. The van der Waals surface area contributed by atoms with Gasteiger partial charge in [-0.15, -0.1) is 0 Å². The molecule has 1 N–H and O–H groups in total. The van der Waals surface area contributed by atoms with Crippen molar-refractivity contribution in [2.24, 2.45) is 0 Å². The Morgan fingerprint density at radius 2 is 1.23 bits per heavy atom. The Kier molecular flexibility index (Phi) is 6.59. The van der Waals surface area contributed by atoms with Crippen molar-refractivity contribution in [3.63, 3.8) is 0 Å². The summed E-state index contributed by atoms with van der Waals surface area (Å²) in [5.41, 5.74) is 3.84. The van der Waals surface area contributed by atoms with Gasteiger partial charge < -0.3 is 5.11 Å². The van der Waals surface area contributed by atoms with Crippen LogP contribution in [-0.2, 0) is 6.42 Å². The molecule has 0 saturated carbocycles. The van der Waals surface area contributed by atoms with Crippen LogP contribution in [0, 0.1) is 0 Å². The van der Waals surface area contributed by atoms with E-state index in [1.165, 1.54) is 11.1 Å². The van der Waals surface area contributed by atoms with Gasteiger partial charge in [-0.25, -0.2) is 0 Å². The number of likely N-dealkylation sites (N-methyl/N-ethyl adjacent to an activating group) is 1. The van der Waals surface area contributed by atoms with Crippen molar-refractivity contribution >= 4 is 0 Å². The van der Waals surface area contributed by atoms with Gasteiger partial charge in [0.2, 0.25) is 0 Å². The maximum Gasteiger partial charge on any atom is 0.0628 e. The van der Waals surface area contributed by atoms with Gasteiger partial charge in [0.1, 0.15) is 0 Å². The van der Waals surface area contributed by atoms with E-state index in [0.717, 1.165) is 18.5 Å². The second-order valence-electron chi connectivity index (χ2n) is 6.85. The minimum Gasteiger partial charge on any atom is -0.394 e. The van der Waals surface area contributed by atoms with Gasteiger partial charge in [-0.1, -0.05) is 91.0 Å². The lowest BCUT2D eigenvalue weighted by atomic mass is 9.91. The Labute approximate surface area is 156 Å². The molecule has 0 aliphatic heterocycles. The molecule has 3 aromatic carbocycles. The van der Waals surface area contributed by atoms with Crippen molar-refractivity contribution in [1.29, 1.82) is 0 Å². The third kappa shape index (κ3) is 4.81. The Morgan fingerprint density at radius 1 is 0.731 bits per heavy atom. The quantitative estimate of drug-likeness (QED) is 0.641. The molecular formula is C24H27NO. The summed E-state index contributed by atoms with van der Waals surface area (Å²) in [6.07, 6.45) is 0.988. The van der Waals surface area contributed by atoms with Gasteiger partial charge >= 0.3 is 0 Å². The molecule has 2 heteroatoms. The molecule has 0 aliphatic rings. The predicted molar refractivity (Wildman–Crippen MR) is 108 cm³/mol. The first-order chi connectivity index (χ1) is 12.8. The topological polar surface area (TPSA) is 23.5 Å². The zero-order valence-corrected chi connectivity index (χ0v) is 15.3. The van der Waals surface area contributed by atoms with Gasteiger partial charge in [-0.2, -0.15) is 0 Å². The van der Waals surface area contributed by atoms with Crippen molar-refractivity contribution in [2.75, 3.05) is 20.2 Å². The summed E-state index contributed by atoms with van der Waals surface area (Å²) in [5.74, 6) is 0.376. The van der Waals surface area contributed by atoms with Crippen molar-refractivity contribution in [3.8, 4) is 0 Å². The zero-order chi connectivity index (χ0) is 18.2. The summed E-state index contributed by atoms with van der Waals surface area (Å²) in [6.45, 7) is 1.01. The second-order valence-corrected chi connectivity index (χ2v) is 6.85. The molecule has 26 heavy (non-hydrogen) atoms.